The summed E-state index contributed by atoms with van der Waals surface area (Å²) in [5, 5.41) is 4.10. The predicted molar refractivity (Wildman–Crippen MR) is 114 cm³/mol. The molecule has 4 rings (SSSR count). The Balaban J connectivity index is 1.60. The molecule has 27 heavy (non-hydrogen) atoms. The second-order valence-corrected chi connectivity index (χ2v) is 7.41. The molecule has 3 heterocycles. The van der Waals surface area contributed by atoms with Gasteiger partial charge in [-0.1, -0.05) is 36.0 Å². The maximum Gasteiger partial charge on any atom is 0.190 e. The van der Waals surface area contributed by atoms with E-state index in [2.05, 4.69) is 64.4 Å². The van der Waals surface area contributed by atoms with Crippen LogP contribution in [-0.4, -0.2) is 22.0 Å². The number of fused-ring (bicyclic) bond motifs is 1. The second-order valence-electron chi connectivity index (χ2n) is 6.44. The van der Waals surface area contributed by atoms with Gasteiger partial charge in [0.15, 0.2) is 5.13 Å². The smallest absolute Gasteiger partial charge is 0.190 e. The number of thiazole rings is 1. The first-order valence-electron chi connectivity index (χ1n) is 8.92. The molecule has 0 saturated carbocycles. The number of nitrogens with zero attached hydrogens (tertiary/aromatic N) is 4. The van der Waals surface area contributed by atoms with Gasteiger partial charge in [0.1, 0.15) is 22.0 Å². The Morgan fingerprint density at radius 1 is 1.04 bits per heavy atom. The summed E-state index contributed by atoms with van der Waals surface area (Å²) in [7, 11) is 2.03. The molecule has 0 aliphatic heterocycles. The van der Waals surface area contributed by atoms with E-state index in [-0.39, 0.29) is 0 Å². The van der Waals surface area contributed by atoms with Crippen molar-refractivity contribution in [3.8, 4) is 0 Å². The van der Waals surface area contributed by atoms with Crippen molar-refractivity contribution >= 4 is 44.1 Å². The zero-order chi connectivity index (χ0) is 18.8. The number of pyridine rings is 2. The molecule has 1 N–H and O–H groups in total. The fourth-order valence-corrected chi connectivity index (χ4v) is 3.66. The van der Waals surface area contributed by atoms with Gasteiger partial charge in [0.05, 0.1) is 0 Å². The molecule has 0 bridgehead atoms. The quantitative estimate of drug-likeness (QED) is 0.501. The third-order valence-corrected chi connectivity index (χ3v) is 5.35. The minimum atomic E-state index is 0.799. The van der Waals surface area contributed by atoms with Crippen LogP contribution in [0.3, 0.4) is 0 Å². The molecule has 0 unspecified atom stereocenters. The summed E-state index contributed by atoms with van der Waals surface area (Å²) in [6, 6.07) is 16.5. The number of hydrogen-bond donors (Lipinski definition) is 1. The van der Waals surface area contributed by atoms with Crippen LogP contribution in [0.2, 0.25) is 0 Å². The van der Waals surface area contributed by atoms with E-state index in [1.165, 1.54) is 22.5 Å². The molecule has 1 aromatic carbocycles. The summed E-state index contributed by atoms with van der Waals surface area (Å²) in [4.78, 5) is 16.8. The van der Waals surface area contributed by atoms with Crippen LogP contribution in [0.1, 0.15) is 18.1 Å². The van der Waals surface area contributed by atoms with Gasteiger partial charge in [-0.2, -0.15) is 0 Å². The van der Waals surface area contributed by atoms with E-state index >= 15 is 0 Å². The van der Waals surface area contributed by atoms with Crippen LogP contribution in [0.5, 0.6) is 0 Å². The molecular formula is C21H21N5S. The second kappa shape index (κ2) is 7.32. The summed E-state index contributed by atoms with van der Waals surface area (Å²) in [6.07, 6.45) is 2.80. The van der Waals surface area contributed by atoms with Crippen LogP contribution >= 0.6 is 11.3 Å². The first-order valence-corrected chi connectivity index (χ1v) is 9.74. The van der Waals surface area contributed by atoms with Gasteiger partial charge < -0.3 is 10.2 Å². The van der Waals surface area contributed by atoms with Gasteiger partial charge in [-0.15, -0.1) is 0 Å². The molecule has 4 aromatic rings. The average molecular weight is 376 g/mol. The lowest BCUT2D eigenvalue weighted by Crippen LogP contribution is -2.10. The number of hydrogen-bond acceptors (Lipinski definition) is 6. The number of aryl methyl sites for hydroxylation is 2. The maximum atomic E-state index is 4.79. The number of rotatable bonds is 5. The molecule has 0 saturated heterocycles. The van der Waals surface area contributed by atoms with E-state index in [1.807, 2.05) is 31.4 Å². The summed E-state index contributed by atoms with van der Waals surface area (Å²) in [6.45, 7) is 4.22. The molecule has 0 aliphatic rings. The van der Waals surface area contributed by atoms with E-state index < -0.39 is 0 Å². The molecule has 3 aromatic heterocycles. The van der Waals surface area contributed by atoms with Gasteiger partial charge in [-0.3, -0.25) is 0 Å². The van der Waals surface area contributed by atoms with E-state index in [4.69, 9.17) is 4.98 Å². The monoisotopic (exact) mass is 375 g/mol. The number of aromatic nitrogens is 3. The van der Waals surface area contributed by atoms with Crippen molar-refractivity contribution in [2.45, 2.75) is 20.3 Å². The van der Waals surface area contributed by atoms with Gasteiger partial charge in [-0.05, 0) is 55.3 Å². The highest BCUT2D eigenvalue weighted by Crippen LogP contribution is 2.30. The Morgan fingerprint density at radius 3 is 2.63 bits per heavy atom. The molecular weight excluding hydrogens is 354 g/mol. The van der Waals surface area contributed by atoms with Crippen LogP contribution in [0.4, 0.5) is 22.5 Å². The number of benzene rings is 1. The summed E-state index contributed by atoms with van der Waals surface area (Å²) in [5.41, 5.74) is 4.48. The van der Waals surface area contributed by atoms with Gasteiger partial charge in [0, 0.05) is 18.9 Å². The molecule has 5 nitrogen and oxygen atoms in total. The largest absolute Gasteiger partial charge is 0.329 e. The first kappa shape index (κ1) is 17.4. The van der Waals surface area contributed by atoms with Gasteiger partial charge in [0.25, 0.3) is 0 Å². The third-order valence-electron chi connectivity index (χ3n) is 4.47. The van der Waals surface area contributed by atoms with E-state index in [1.54, 1.807) is 0 Å². The highest BCUT2D eigenvalue weighted by molar-refractivity contribution is 7.21. The molecule has 0 aliphatic carbocycles. The van der Waals surface area contributed by atoms with Crippen molar-refractivity contribution in [2.24, 2.45) is 0 Å². The normalized spacial score (nSPS) is 10.9. The molecule has 0 radical (unpaired) electrons. The third kappa shape index (κ3) is 3.75. The Bertz CT molecular complexity index is 1070. The lowest BCUT2D eigenvalue weighted by atomic mass is 10.2. The molecule has 0 amide bonds. The van der Waals surface area contributed by atoms with Gasteiger partial charge in [-0.25, -0.2) is 15.0 Å². The zero-order valence-electron chi connectivity index (χ0n) is 15.6. The van der Waals surface area contributed by atoms with Crippen LogP contribution in [0.15, 0.2) is 54.7 Å². The highest BCUT2D eigenvalue weighted by atomic mass is 32.1. The topological polar surface area (TPSA) is 53.9 Å². The summed E-state index contributed by atoms with van der Waals surface area (Å²) < 4.78 is 0. The Hall–Kier alpha value is -2.99. The van der Waals surface area contributed by atoms with Crippen molar-refractivity contribution in [3.05, 3.63) is 65.9 Å². The van der Waals surface area contributed by atoms with Crippen molar-refractivity contribution in [3.63, 3.8) is 0 Å². The summed E-state index contributed by atoms with van der Waals surface area (Å²) in [5.74, 6) is 1.71. The predicted octanol–water partition coefficient (Wildman–Crippen LogP) is 5.47. The fourth-order valence-electron chi connectivity index (χ4n) is 2.82. The summed E-state index contributed by atoms with van der Waals surface area (Å²) >= 11 is 1.53. The molecule has 136 valence electrons. The van der Waals surface area contributed by atoms with E-state index in [9.17, 15) is 0 Å². The van der Waals surface area contributed by atoms with Crippen molar-refractivity contribution < 1.29 is 0 Å². The van der Waals surface area contributed by atoms with Crippen LogP contribution < -0.4 is 10.2 Å². The van der Waals surface area contributed by atoms with E-state index in [0.717, 1.165) is 39.2 Å². The average Bonchev–Trinajstić information content (AvgIpc) is 3.09. The first-order chi connectivity index (χ1) is 13.1. The van der Waals surface area contributed by atoms with Crippen molar-refractivity contribution in [1.29, 1.82) is 0 Å². The minimum Gasteiger partial charge on any atom is -0.329 e. The lowest BCUT2D eigenvalue weighted by molar-refractivity contribution is 1.12. The van der Waals surface area contributed by atoms with Gasteiger partial charge in [0.2, 0.25) is 0 Å². The molecule has 0 spiro atoms. The molecule has 0 atom stereocenters. The standard InChI is InChI=1S/C21H21N5S/c1-4-15-11-12-22-18(13-15)24-21-23-17-9-10-19(25-20(17)27-21)26(3)16-7-5-14(2)6-8-16/h5-13H,4H2,1-3H3,(H,22,23,24). The van der Waals surface area contributed by atoms with E-state index in [0.29, 0.717) is 0 Å². The Kier molecular flexibility index (Phi) is 4.73. The number of anilines is 4. The van der Waals surface area contributed by atoms with Gasteiger partial charge >= 0.3 is 0 Å². The Labute approximate surface area is 162 Å². The fraction of sp³-hybridized carbons (Fsp3) is 0.190. The molecule has 6 heteroatoms. The molecule has 0 fully saturated rings. The van der Waals surface area contributed by atoms with Crippen molar-refractivity contribution in [2.75, 3.05) is 17.3 Å². The van der Waals surface area contributed by atoms with Crippen molar-refractivity contribution in [1.82, 2.24) is 15.0 Å². The van der Waals surface area contributed by atoms with Crippen LogP contribution in [-0.2, 0) is 6.42 Å². The Morgan fingerprint density at radius 2 is 1.85 bits per heavy atom. The lowest BCUT2D eigenvalue weighted by Gasteiger charge is -2.18. The van der Waals surface area contributed by atoms with Crippen LogP contribution in [0.25, 0.3) is 10.3 Å². The highest BCUT2D eigenvalue weighted by Gasteiger charge is 2.10. The number of nitrogens with one attached hydrogen (secondary N) is 1. The zero-order valence-corrected chi connectivity index (χ0v) is 16.4. The maximum absolute atomic E-state index is 4.79. The van der Waals surface area contributed by atoms with Crippen LogP contribution in [0, 0.1) is 6.92 Å². The minimum absolute atomic E-state index is 0.799. The SMILES string of the molecule is CCc1ccnc(Nc2nc3ccc(N(C)c4ccc(C)cc4)nc3s2)c1.